The molecule has 6 heterocycles. The molecule has 124 heavy (non-hydrogen) atoms. The highest BCUT2D eigenvalue weighted by Gasteiger charge is 2.22. The Morgan fingerprint density at radius 3 is 0.581 bits per heavy atom. The first-order valence-corrected chi connectivity index (χ1v) is 41.9. The van der Waals surface area contributed by atoms with Crippen LogP contribution in [0.5, 0.6) is 0 Å². The van der Waals surface area contributed by atoms with Crippen LogP contribution in [-0.4, -0.2) is 48.2 Å². The van der Waals surface area contributed by atoms with Crippen LogP contribution in [0.2, 0.25) is 0 Å². The monoisotopic (exact) mass is 1580 g/mol. The van der Waals surface area contributed by atoms with Crippen LogP contribution in [0.25, 0.3) is 223 Å². The van der Waals surface area contributed by atoms with E-state index in [4.69, 9.17) is 29.9 Å². The lowest BCUT2D eigenvalue weighted by Crippen LogP contribution is -2.00. The second-order valence-electron chi connectivity index (χ2n) is 31.3. The standard InChI is InChI=1S/2C57H37N5/c1-3-14-38(15-4-1)43-18-13-19-44(36-43)39-26-28-41(29-27-39)56-58-55(40-16-5-2-6-17-40)59-57(60-56)42-30-32-45(33-31-42)61-53-25-12-9-22-49(53)50-37-46(34-35-54(50)61)62-51-23-10-7-20-47(51)48-21-8-11-24-52(48)62;1-3-13-38(14-4-1)39-23-25-40(26-24-39)41-27-29-43(30-28-41)56-58-55(42-15-5-2-6-16-42)59-57(60-56)44-31-33-45(34-32-44)61-53-22-12-9-19-49(53)50-37-46(35-36-54(50)61)62-51-20-10-7-17-47(51)48-18-8-11-21-52(48)62/h2*1-37H. The maximum absolute atomic E-state index is 5.09. The normalized spacial score (nSPS) is 11.5. The van der Waals surface area contributed by atoms with E-state index in [1.165, 1.54) is 87.4 Å². The Labute approximate surface area is 715 Å². The van der Waals surface area contributed by atoms with Gasteiger partial charge >= 0.3 is 0 Å². The molecule has 10 nitrogen and oxygen atoms in total. The summed E-state index contributed by atoms with van der Waals surface area (Å²) in [4.78, 5) is 30.3. The molecule has 0 atom stereocenters. The molecule has 0 spiro atoms. The van der Waals surface area contributed by atoms with Crippen LogP contribution in [0.4, 0.5) is 0 Å². The number of fused-ring (bicyclic) bond motifs is 12. The topological polar surface area (TPSA) is 97.1 Å². The quantitative estimate of drug-likeness (QED) is 0.108. The van der Waals surface area contributed by atoms with E-state index in [0.717, 1.165) is 100 Å². The summed E-state index contributed by atoms with van der Waals surface area (Å²) in [6, 6.07) is 159. The molecule has 0 bridgehead atoms. The van der Waals surface area contributed by atoms with Gasteiger partial charge in [-0.3, -0.25) is 0 Å². The maximum Gasteiger partial charge on any atom is 0.164 e. The summed E-state index contributed by atoms with van der Waals surface area (Å²) in [5.41, 5.74) is 28.7. The van der Waals surface area contributed by atoms with Crippen LogP contribution >= 0.6 is 0 Å². The molecule has 0 fully saturated rings. The van der Waals surface area contributed by atoms with Gasteiger partial charge in [0.2, 0.25) is 0 Å². The number of para-hydroxylation sites is 6. The average molecular weight is 1580 g/mol. The van der Waals surface area contributed by atoms with Crippen molar-refractivity contribution >= 4 is 87.2 Å². The van der Waals surface area contributed by atoms with Gasteiger partial charge in [0.1, 0.15) is 0 Å². The van der Waals surface area contributed by atoms with E-state index >= 15 is 0 Å². The zero-order valence-corrected chi connectivity index (χ0v) is 67.2. The smallest absolute Gasteiger partial charge is 0.164 e. The van der Waals surface area contributed by atoms with Gasteiger partial charge < -0.3 is 18.3 Å². The molecular formula is C114H74N10. The molecule has 580 valence electrons. The average Bonchev–Trinajstić information content (AvgIpc) is 1.58. The SMILES string of the molecule is c1ccc(-c2ccc(-c3ccc(-c4nc(-c5ccccc5)nc(-c5ccc(-n6c7ccccc7c7cc(-n8c9ccccc9c9ccccc98)ccc76)cc5)n4)cc3)cc2)cc1.c1ccc(-c2cccc(-c3ccc(-c4nc(-c5ccccc5)nc(-c5ccc(-n6c7ccccc7c7cc(-n8c9ccccc9c9ccccc98)ccc76)cc5)n4)cc3)c2)cc1. The van der Waals surface area contributed by atoms with Gasteiger partial charge in [0.05, 0.1) is 44.1 Å². The third-order valence-corrected chi connectivity index (χ3v) is 24.0. The minimum absolute atomic E-state index is 0.623. The molecule has 24 rings (SSSR count). The van der Waals surface area contributed by atoms with Crippen LogP contribution in [-0.2, 0) is 0 Å². The summed E-state index contributed by atoms with van der Waals surface area (Å²) in [6.07, 6.45) is 0. The van der Waals surface area contributed by atoms with Crippen LogP contribution < -0.4 is 0 Å². The maximum atomic E-state index is 5.09. The van der Waals surface area contributed by atoms with E-state index in [1.54, 1.807) is 0 Å². The second kappa shape index (κ2) is 30.8. The van der Waals surface area contributed by atoms with Gasteiger partial charge in [-0.25, -0.2) is 29.9 Å². The highest BCUT2D eigenvalue weighted by molar-refractivity contribution is 6.14. The van der Waals surface area contributed by atoms with Gasteiger partial charge in [0.15, 0.2) is 34.9 Å². The van der Waals surface area contributed by atoms with E-state index in [2.05, 4.69) is 394 Å². The predicted octanol–water partition coefficient (Wildman–Crippen LogP) is 28.8. The highest BCUT2D eigenvalue weighted by Crippen LogP contribution is 2.42. The van der Waals surface area contributed by atoms with Gasteiger partial charge in [0, 0.05) is 99.2 Å². The fourth-order valence-corrected chi connectivity index (χ4v) is 18.0. The van der Waals surface area contributed by atoms with Crippen molar-refractivity contribution in [3.63, 3.8) is 0 Å². The zero-order valence-electron chi connectivity index (χ0n) is 67.2. The highest BCUT2D eigenvalue weighted by atomic mass is 15.1. The molecule has 0 amide bonds. The fourth-order valence-electron chi connectivity index (χ4n) is 18.0. The van der Waals surface area contributed by atoms with Gasteiger partial charge in [0.25, 0.3) is 0 Å². The molecule has 0 N–H and O–H groups in total. The first-order chi connectivity index (χ1) is 61.5. The lowest BCUT2D eigenvalue weighted by atomic mass is 9.98. The number of hydrogen-bond acceptors (Lipinski definition) is 6. The summed E-state index contributed by atoms with van der Waals surface area (Å²) in [5, 5.41) is 9.84. The summed E-state index contributed by atoms with van der Waals surface area (Å²) in [6.45, 7) is 0. The Kier molecular flexibility index (Phi) is 18.0. The summed E-state index contributed by atoms with van der Waals surface area (Å²) >= 11 is 0. The van der Waals surface area contributed by atoms with Gasteiger partial charge in [-0.15, -0.1) is 0 Å². The molecular weight excluding hydrogens is 1510 g/mol. The molecule has 0 radical (unpaired) electrons. The van der Waals surface area contributed by atoms with E-state index in [1.807, 2.05) is 72.8 Å². The zero-order chi connectivity index (χ0) is 82.0. The van der Waals surface area contributed by atoms with Crippen LogP contribution in [0.1, 0.15) is 0 Å². The van der Waals surface area contributed by atoms with Crippen molar-refractivity contribution in [1.82, 2.24) is 48.2 Å². The largest absolute Gasteiger partial charge is 0.309 e. The Morgan fingerprint density at radius 2 is 0.290 bits per heavy atom. The molecule has 0 unspecified atom stereocenters. The molecule has 18 aromatic carbocycles. The Balaban J connectivity index is 0.000000143. The van der Waals surface area contributed by atoms with E-state index in [0.29, 0.717) is 34.9 Å². The molecule has 0 saturated heterocycles. The van der Waals surface area contributed by atoms with Crippen molar-refractivity contribution in [2.45, 2.75) is 0 Å². The van der Waals surface area contributed by atoms with Crippen LogP contribution in [0.15, 0.2) is 449 Å². The third-order valence-electron chi connectivity index (χ3n) is 24.0. The van der Waals surface area contributed by atoms with Crippen molar-refractivity contribution in [2.24, 2.45) is 0 Å². The van der Waals surface area contributed by atoms with Gasteiger partial charge in [-0.05, 0) is 172 Å². The van der Waals surface area contributed by atoms with Crippen molar-refractivity contribution in [3.8, 4) is 136 Å². The predicted molar refractivity (Wildman–Crippen MR) is 511 cm³/mol. The molecule has 0 aliphatic heterocycles. The lowest BCUT2D eigenvalue weighted by Gasteiger charge is -2.12. The van der Waals surface area contributed by atoms with Crippen LogP contribution in [0, 0.1) is 0 Å². The minimum atomic E-state index is 0.623. The molecule has 0 aliphatic rings. The minimum Gasteiger partial charge on any atom is -0.309 e. The summed E-state index contributed by atoms with van der Waals surface area (Å²) in [5.74, 6) is 3.78. The number of hydrogen-bond donors (Lipinski definition) is 0. The van der Waals surface area contributed by atoms with Gasteiger partial charge in [-0.1, -0.05) is 322 Å². The molecule has 10 heteroatoms. The first kappa shape index (κ1) is 72.4. The Hall–Kier alpha value is -16.8. The van der Waals surface area contributed by atoms with Crippen molar-refractivity contribution < 1.29 is 0 Å². The Bertz CT molecular complexity index is 8050. The third kappa shape index (κ3) is 13.1. The first-order valence-electron chi connectivity index (χ1n) is 41.9. The number of aromatic nitrogens is 10. The lowest BCUT2D eigenvalue weighted by molar-refractivity contribution is 1.07. The summed E-state index contributed by atoms with van der Waals surface area (Å²) < 4.78 is 9.48. The summed E-state index contributed by atoms with van der Waals surface area (Å²) in [7, 11) is 0. The van der Waals surface area contributed by atoms with E-state index in [-0.39, 0.29) is 0 Å². The number of nitrogens with zero attached hydrogens (tertiary/aromatic N) is 10. The molecule has 0 aliphatic carbocycles. The van der Waals surface area contributed by atoms with Crippen molar-refractivity contribution in [2.75, 3.05) is 0 Å². The van der Waals surface area contributed by atoms with Crippen molar-refractivity contribution in [3.05, 3.63) is 449 Å². The van der Waals surface area contributed by atoms with Crippen molar-refractivity contribution in [1.29, 1.82) is 0 Å². The fraction of sp³-hybridized carbons (Fsp3) is 0. The number of benzene rings is 18. The molecule has 24 aromatic rings. The van der Waals surface area contributed by atoms with E-state index in [9.17, 15) is 0 Å². The van der Waals surface area contributed by atoms with E-state index < -0.39 is 0 Å². The van der Waals surface area contributed by atoms with Gasteiger partial charge in [-0.2, -0.15) is 0 Å². The molecule has 0 saturated carbocycles. The number of rotatable bonds is 14. The second-order valence-corrected chi connectivity index (χ2v) is 31.3. The molecule has 6 aromatic heterocycles. The van der Waals surface area contributed by atoms with Crippen LogP contribution in [0.3, 0.4) is 0 Å². The Morgan fingerprint density at radius 1 is 0.113 bits per heavy atom.